The van der Waals surface area contributed by atoms with Gasteiger partial charge in [-0.2, -0.15) is 0 Å². The molecule has 0 rings (SSSR count). The van der Waals surface area contributed by atoms with E-state index in [0.29, 0.717) is 0 Å². The van der Waals surface area contributed by atoms with Gasteiger partial charge < -0.3 is 43.8 Å². The summed E-state index contributed by atoms with van der Waals surface area (Å²) in [7, 11) is 1.91. The van der Waals surface area contributed by atoms with Crippen LogP contribution in [0.5, 0.6) is 0 Å². The molecule has 16 heteroatoms. The van der Waals surface area contributed by atoms with Crippen LogP contribution in [0.15, 0.2) is 0 Å². The Bertz CT molecular complexity index is 652. The molecule has 0 heterocycles. The molecule has 0 aromatic heterocycles. The van der Waals surface area contributed by atoms with Gasteiger partial charge in [-0.1, -0.05) is 21.6 Å². The van der Waals surface area contributed by atoms with Crippen molar-refractivity contribution in [3.8, 4) is 0 Å². The minimum atomic E-state index is -1.34. The van der Waals surface area contributed by atoms with Crippen LogP contribution in [0.2, 0.25) is 0 Å². The Balaban J connectivity index is 4.58. The SMILES string of the molecule is NC(=O)CC[C@H](N)C(=O)N[C@@H](CSSC[C@H](NC(=O)[C@@H](N)CCC(N)=O)C(=O)O)C(=O)O. The molecule has 0 unspecified atom stereocenters. The zero-order valence-electron chi connectivity index (χ0n) is 17.0. The van der Waals surface area contributed by atoms with Gasteiger partial charge in [0.25, 0.3) is 0 Å². The predicted molar refractivity (Wildman–Crippen MR) is 117 cm³/mol. The van der Waals surface area contributed by atoms with Crippen LogP contribution in [0.3, 0.4) is 0 Å². The number of hydrogen-bond donors (Lipinski definition) is 8. The summed E-state index contributed by atoms with van der Waals surface area (Å²) in [5, 5.41) is 22.9. The van der Waals surface area contributed by atoms with Crippen molar-refractivity contribution in [1.29, 1.82) is 0 Å². The van der Waals surface area contributed by atoms with Crippen molar-refractivity contribution in [2.24, 2.45) is 22.9 Å². The third-order valence-electron chi connectivity index (χ3n) is 3.86. The second-order valence-electron chi connectivity index (χ2n) is 6.59. The second kappa shape index (κ2) is 15.3. The highest BCUT2D eigenvalue weighted by Gasteiger charge is 2.26. The number of primary amides is 2. The average Bonchev–Trinajstić information content (AvgIpc) is 2.70. The Morgan fingerprint density at radius 1 is 0.688 bits per heavy atom. The third-order valence-corrected chi connectivity index (χ3v) is 6.28. The molecule has 0 spiro atoms. The lowest BCUT2D eigenvalue weighted by Gasteiger charge is -2.19. The van der Waals surface area contributed by atoms with E-state index in [1.165, 1.54) is 0 Å². The number of carboxylic acids is 2. The van der Waals surface area contributed by atoms with Gasteiger partial charge in [0.05, 0.1) is 12.1 Å². The molecule has 0 fully saturated rings. The summed E-state index contributed by atoms with van der Waals surface area (Å²) < 4.78 is 0. The van der Waals surface area contributed by atoms with Crippen molar-refractivity contribution in [1.82, 2.24) is 10.6 Å². The second-order valence-corrected chi connectivity index (χ2v) is 9.14. The summed E-state index contributed by atoms with van der Waals surface area (Å²) in [5.41, 5.74) is 21.1. The highest BCUT2D eigenvalue weighted by atomic mass is 33.1. The number of carboxylic acid groups (broad SMARTS) is 2. The molecule has 4 amide bonds. The van der Waals surface area contributed by atoms with Crippen LogP contribution in [0.25, 0.3) is 0 Å². The topological polar surface area (TPSA) is 271 Å². The lowest BCUT2D eigenvalue weighted by atomic mass is 10.1. The number of aliphatic carboxylic acids is 2. The molecule has 12 N–H and O–H groups in total. The summed E-state index contributed by atoms with van der Waals surface area (Å²) in [6.07, 6.45) is -0.356. The molecule has 0 aromatic carbocycles. The molecule has 0 saturated heterocycles. The number of rotatable bonds is 17. The Hall–Kier alpha value is -2.56. The first-order valence-electron chi connectivity index (χ1n) is 9.23. The standard InChI is InChI=1S/C16H28N6O8S2/c17-7(1-3-11(19)23)13(25)21-9(15(27)28)5-31-32-6-10(16(29)30)22-14(26)8(18)2-4-12(20)24/h7-10H,1-6,17-18H2,(H2,19,23)(H2,20,24)(H,21,25)(H,22,26)(H,27,28)(H,29,30)/t7-,8-,9-,10-/m0/s1. The van der Waals surface area contributed by atoms with Gasteiger partial charge in [0.2, 0.25) is 23.6 Å². The number of nitrogens with two attached hydrogens (primary N) is 4. The van der Waals surface area contributed by atoms with Gasteiger partial charge in [-0.15, -0.1) is 0 Å². The van der Waals surface area contributed by atoms with Gasteiger partial charge in [0.15, 0.2) is 0 Å². The van der Waals surface area contributed by atoms with Gasteiger partial charge in [-0.05, 0) is 12.8 Å². The molecule has 0 aliphatic rings. The maximum atomic E-state index is 11.9. The lowest BCUT2D eigenvalue weighted by Crippen LogP contribution is -2.50. The molecule has 0 saturated carbocycles. The maximum absolute atomic E-state index is 11.9. The van der Waals surface area contributed by atoms with Crippen molar-refractivity contribution in [3.05, 3.63) is 0 Å². The molecule has 0 aliphatic heterocycles. The van der Waals surface area contributed by atoms with Crippen molar-refractivity contribution < 1.29 is 39.0 Å². The largest absolute Gasteiger partial charge is 0.480 e. The molecular weight excluding hydrogens is 468 g/mol. The number of carbonyl (C=O) groups is 6. The Kier molecular flexibility index (Phi) is 14.1. The van der Waals surface area contributed by atoms with Crippen LogP contribution in [0.4, 0.5) is 0 Å². The van der Waals surface area contributed by atoms with E-state index in [4.69, 9.17) is 22.9 Å². The fourth-order valence-corrected chi connectivity index (χ4v) is 4.31. The fourth-order valence-electron chi connectivity index (χ4n) is 2.00. The average molecular weight is 497 g/mol. The minimum Gasteiger partial charge on any atom is -0.480 e. The molecule has 0 aromatic rings. The van der Waals surface area contributed by atoms with Crippen LogP contribution >= 0.6 is 21.6 Å². The van der Waals surface area contributed by atoms with Gasteiger partial charge in [-0.3, -0.25) is 19.2 Å². The lowest BCUT2D eigenvalue weighted by molar-refractivity contribution is -0.141. The van der Waals surface area contributed by atoms with Gasteiger partial charge in [-0.25, -0.2) is 9.59 Å². The maximum Gasteiger partial charge on any atom is 0.327 e. The monoisotopic (exact) mass is 496 g/mol. The third kappa shape index (κ3) is 13.0. The summed E-state index contributed by atoms with van der Waals surface area (Å²) in [5.74, 6) is -5.78. The quantitative estimate of drug-likeness (QED) is 0.0726. The fraction of sp³-hybridized carbons (Fsp3) is 0.625. The van der Waals surface area contributed by atoms with Crippen LogP contribution in [0, 0.1) is 0 Å². The van der Waals surface area contributed by atoms with E-state index in [1.807, 2.05) is 0 Å². The Labute approximate surface area is 191 Å². The van der Waals surface area contributed by atoms with Crippen LogP contribution in [0.1, 0.15) is 25.7 Å². The van der Waals surface area contributed by atoms with Gasteiger partial charge in [0, 0.05) is 24.3 Å². The first-order chi connectivity index (χ1) is 14.8. The van der Waals surface area contributed by atoms with E-state index < -0.39 is 59.7 Å². The molecule has 32 heavy (non-hydrogen) atoms. The van der Waals surface area contributed by atoms with E-state index in [2.05, 4.69) is 10.6 Å². The van der Waals surface area contributed by atoms with Crippen molar-refractivity contribution >= 4 is 57.2 Å². The van der Waals surface area contributed by atoms with Crippen molar-refractivity contribution in [2.45, 2.75) is 49.9 Å². The number of amides is 4. The van der Waals surface area contributed by atoms with Crippen molar-refractivity contribution in [3.63, 3.8) is 0 Å². The van der Waals surface area contributed by atoms with E-state index in [-0.39, 0.29) is 37.2 Å². The van der Waals surface area contributed by atoms with Crippen LogP contribution < -0.4 is 33.6 Å². The van der Waals surface area contributed by atoms with E-state index >= 15 is 0 Å². The smallest absolute Gasteiger partial charge is 0.327 e. The van der Waals surface area contributed by atoms with E-state index in [9.17, 15) is 39.0 Å². The molecule has 14 nitrogen and oxygen atoms in total. The van der Waals surface area contributed by atoms with E-state index in [1.54, 1.807) is 0 Å². The van der Waals surface area contributed by atoms with Gasteiger partial charge in [0.1, 0.15) is 12.1 Å². The Morgan fingerprint density at radius 3 is 1.25 bits per heavy atom. The number of hydrogen-bond acceptors (Lipinski definition) is 10. The van der Waals surface area contributed by atoms with Gasteiger partial charge >= 0.3 is 11.9 Å². The molecular formula is C16H28N6O8S2. The van der Waals surface area contributed by atoms with Crippen molar-refractivity contribution in [2.75, 3.05) is 11.5 Å². The molecule has 182 valence electrons. The zero-order valence-corrected chi connectivity index (χ0v) is 18.7. The highest BCUT2D eigenvalue weighted by Crippen LogP contribution is 2.23. The highest BCUT2D eigenvalue weighted by molar-refractivity contribution is 8.76. The number of carbonyl (C=O) groups excluding carboxylic acids is 4. The summed E-state index contributed by atoms with van der Waals surface area (Å²) in [4.78, 5) is 68.1. The first-order valence-corrected chi connectivity index (χ1v) is 11.7. The number of nitrogens with one attached hydrogen (secondary N) is 2. The molecule has 4 atom stereocenters. The predicted octanol–water partition coefficient (Wildman–Crippen LogP) is -3.31. The van der Waals surface area contributed by atoms with Crippen LogP contribution in [-0.4, -0.2) is 81.5 Å². The van der Waals surface area contributed by atoms with E-state index in [0.717, 1.165) is 21.6 Å². The summed E-state index contributed by atoms with van der Waals surface area (Å²) in [6, 6.07) is -4.88. The normalized spacial score (nSPS) is 14.4. The summed E-state index contributed by atoms with van der Waals surface area (Å²) >= 11 is 0. The zero-order chi connectivity index (χ0) is 24.8. The Morgan fingerprint density at radius 2 is 1.00 bits per heavy atom. The van der Waals surface area contributed by atoms with Crippen LogP contribution in [-0.2, 0) is 28.8 Å². The first kappa shape index (κ1) is 29.4. The molecule has 0 bridgehead atoms. The summed E-state index contributed by atoms with van der Waals surface area (Å²) in [6.45, 7) is 0. The molecule has 0 radical (unpaired) electrons. The molecule has 0 aliphatic carbocycles. The minimum absolute atomic E-state index is 0.0447.